The summed E-state index contributed by atoms with van der Waals surface area (Å²) in [7, 11) is -1.91. The standard InChI is InChI=1S/C12H22N4O3S/c1-9-11(10(2)16(3)14-9)20(17,18)15-12(8-13)4-6-19-7-5-12/h15H,4-8,13H2,1-3H3. The number of aromatic nitrogens is 2. The highest BCUT2D eigenvalue weighted by atomic mass is 32.2. The van der Waals surface area contributed by atoms with Gasteiger partial charge in [0.15, 0.2) is 0 Å². The van der Waals surface area contributed by atoms with Gasteiger partial charge in [0.25, 0.3) is 0 Å². The maximum Gasteiger partial charge on any atom is 0.244 e. The molecule has 0 spiro atoms. The molecule has 1 fully saturated rings. The molecule has 1 aliphatic heterocycles. The topological polar surface area (TPSA) is 99.2 Å². The van der Waals surface area contributed by atoms with Gasteiger partial charge in [0.05, 0.1) is 11.4 Å². The summed E-state index contributed by atoms with van der Waals surface area (Å²) in [6.45, 7) is 4.73. The molecule has 0 aliphatic carbocycles. The molecule has 0 amide bonds. The van der Waals surface area contributed by atoms with Gasteiger partial charge in [-0.2, -0.15) is 5.10 Å². The molecule has 0 aromatic carbocycles. The Morgan fingerprint density at radius 3 is 2.45 bits per heavy atom. The molecule has 0 radical (unpaired) electrons. The smallest absolute Gasteiger partial charge is 0.244 e. The van der Waals surface area contributed by atoms with Crippen LogP contribution in [-0.4, -0.2) is 43.5 Å². The van der Waals surface area contributed by atoms with Gasteiger partial charge in [0.2, 0.25) is 10.0 Å². The molecular formula is C12H22N4O3S. The van der Waals surface area contributed by atoms with Crippen LogP contribution in [0, 0.1) is 13.8 Å². The third kappa shape index (κ3) is 2.73. The highest BCUT2D eigenvalue weighted by Crippen LogP contribution is 2.25. The molecule has 1 aliphatic rings. The number of sulfonamides is 1. The summed E-state index contributed by atoms with van der Waals surface area (Å²) in [6.07, 6.45) is 1.17. The normalized spacial score (nSPS) is 19.2. The Balaban J connectivity index is 2.35. The highest BCUT2D eigenvalue weighted by molar-refractivity contribution is 7.89. The molecule has 1 aromatic rings. The Morgan fingerprint density at radius 1 is 1.40 bits per heavy atom. The lowest BCUT2D eigenvalue weighted by molar-refractivity contribution is 0.0502. The van der Waals surface area contributed by atoms with Gasteiger partial charge in [-0.15, -0.1) is 0 Å². The maximum atomic E-state index is 12.7. The van der Waals surface area contributed by atoms with Crippen LogP contribution in [0.1, 0.15) is 24.2 Å². The van der Waals surface area contributed by atoms with Crippen LogP contribution in [0.2, 0.25) is 0 Å². The summed E-state index contributed by atoms with van der Waals surface area (Å²) in [5.74, 6) is 0. The SMILES string of the molecule is Cc1nn(C)c(C)c1S(=O)(=O)NC1(CN)CCOCC1. The summed E-state index contributed by atoms with van der Waals surface area (Å²) >= 11 is 0. The lowest BCUT2D eigenvalue weighted by Gasteiger charge is -2.36. The Kier molecular flexibility index (Phi) is 4.19. The van der Waals surface area contributed by atoms with E-state index in [1.54, 1.807) is 25.6 Å². The number of hydrogen-bond acceptors (Lipinski definition) is 5. The van der Waals surface area contributed by atoms with Gasteiger partial charge in [-0.05, 0) is 26.7 Å². The molecule has 0 unspecified atom stereocenters. The Hall–Kier alpha value is -0.960. The van der Waals surface area contributed by atoms with Gasteiger partial charge in [0, 0.05) is 32.3 Å². The molecule has 20 heavy (non-hydrogen) atoms. The number of hydrogen-bond donors (Lipinski definition) is 2. The van der Waals surface area contributed by atoms with E-state index in [0.29, 0.717) is 37.4 Å². The molecule has 1 aromatic heterocycles. The number of nitrogens with zero attached hydrogens (tertiary/aromatic N) is 2. The van der Waals surface area contributed by atoms with E-state index in [2.05, 4.69) is 9.82 Å². The van der Waals surface area contributed by atoms with Gasteiger partial charge in [0.1, 0.15) is 4.90 Å². The van der Waals surface area contributed by atoms with Gasteiger partial charge >= 0.3 is 0 Å². The van der Waals surface area contributed by atoms with Crippen molar-refractivity contribution in [2.75, 3.05) is 19.8 Å². The fraction of sp³-hybridized carbons (Fsp3) is 0.750. The first-order valence-electron chi connectivity index (χ1n) is 6.63. The monoisotopic (exact) mass is 302 g/mol. The van der Waals surface area contributed by atoms with Crippen molar-refractivity contribution in [3.05, 3.63) is 11.4 Å². The number of ether oxygens (including phenoxy) is 1. The van der Waals surface area contributed by atoms with Gasteiger partial charge in [-0.25, -0.2) is 13.1 Å². The Morgan fingerprint density at radius 2 is 2.00 bits per heavy atom. The van der Waals surface area contributed by atoms with Crippen LogP contribution in [0.25, 0.3) is 0 Å². The third-order valence-corrected chi connectivity index (χ3v) is 5.73. The summed E-state index contributed by atoms with van der Waals surface area (Å²) in [6, 6.07) is 0. The summed E-state index contributed by atoms with van der Waals surface area (Å²) in [4.78, 5) is 0.249. The zero-order valence-electron chi connectivity index (χ0n) is 12.1. The lowest BCUT2D eigenvalue weighted by atomic mass is 9.92. The zero-order chi connectivity index (χ0) is 15.0. The molecule has 0 saturated carbocycles. The second-order valence-corrected chi connectivity index (χ2v) is 6.95. The van der Waals surface area contributed by atoms with Crippen molar-refractivity contribution in [2.24, 2.45) is 12.8 Å². The molecule has 8 heteroatoms. The van der Waals surface area contributed by atoms with E-state index in [4.69, 9.17) is 10.5 Å². The van der Waals surface area contributed by atoms with E-state index in [-0.39, 0.29) is 11.4 Å². The lowest BCUT2D eigenvalue weighted by Crippen LogP contribution is -2.56. The first-order chi connectivity index (χ1) is 9.31. The van der Waals surface area contributed by atoms with Crippen LogP contribution in [0.3, 0.4) is 0 Å². The molecular weight excluding hydrogens is 280 g/mol. The van der Waals surface area contributed by atoms with Crippen molar-refractivity contribution in [3.63, 3.8) is 0 Å². The van der Waals surface area contributed by atoms with Crippen molar-refractivity contribution < 1.29 is 13.2 Å². The first-order valence-corrected chi connectivity index (χ1v) is 8.12. The van der Waals surface area contributed by atoms with Crippen molar-refractivity contribution in [1.29, 1.82) is 0 Å². The molecule has 2 rings (SSSR count). The number of rotatable bonds is 4. The second kappa shape index (κ2) is 5.44. The predicted octanol–water partition coefficient (Wildman–Crippen LogP) is -0.177. The fourth-order valence-electron chi connectivity index (χ4n) is 2.59. The second-order valence-electron chi connectivity index (χ2n) is 5.33. The van der Waals surface area contributed by atoms with Crippen LogP contribution in [0.15, 0.2) is 4.90 Å². The van der Waals surface area contributed by atoms with E-state index >= 15 is 0 Å². The summed E-state index contributed by atoms with van der Waals surface area (Å²) < 4.78 is 35.0. The van der Waals surface area contributed by atoms with Crippen molar-refractivity contribution in [3.8, 4) is 0 Å². The Bertz CT molecular complexity index is 588. The van der Waals surface area contributed by atoms with Crippen molar-refractivity contribution in [1.82, 2.24) is 14.5 Å². The number of nitrogens with two attached hydrogens (primary N) is 1. The molecule has 3 N–H and O–H groups in total. The minimum absolute atomic E-state index is 0.249. The van der Waals surface area contributed by atoms with E-state index in [0.717, 1.165) is 0 Å². The van der Waals surface area contributed by atoms with E-state index < -0.39 is 15.6 Å². The van der Waals surface area contributed by atoms with Crippen LogP contribution in [0.5, 0.6) is 0 Å². The van der Waals surface area contributed by atoms with Gasteiger partial charge in [-0.1, -0.05) is 0 Å². The number of aryl methyl sites for hydroxylation is 2. The minimum Gasteiger partial charge on any atom is -0.381 e. The third-order valence-electron chi connectivity index (χ3n) is 3.90. The average Bonchev–Trinajstić information content (AvgIpc) is 2.64. The quantitative estimate of drug-likeness (QED) is 0.804. The molecule has 0 bridgehead atoms. The van der Waals surface area contributed by atoms with E-state index in [1.165, 1.54) is 0 Å². The predicted molar refractivity (Wildman–Crippen MR) is 74.8 cm³/mol. The molecule has 114 valence electrons. The molecule has 2 heterocycles. The van der Waals surface area contributed by atoms with Crippen LogP contribution >= 0.6 is 0 Å². The summed E-state index contributed by atoms with van der Waals surface area (Å²) in [5, 5.41) is 4.16. The maximum absolute atomic E-state index is 12.7. The summed E-state index contributed by atoms with van der Waals surface area (Å²) in [5.41, 5.74) is 6.30. The van der Waals surface area contributed by atoms with Gasteiger partial charge in [-0.3, -0.25) is 4.68 Å². The van der Waals surface area contributed by atoms with Crippen LogP contribution < -0.4 is 10.5 Å². The number of nitrogens with one attached hydrogen (secondary N) is 1. The first kappa shape index (κ1) is 15.4. The average molecular weight is 302 g/mol. The largest absolute Gasteiger partial charge is 0.381 e. The van der Waals surface area contributed by atoms with Gasteiger partial charge < -0.3 is 10.5 Å². The Labute approximate surface area is 119 Å². The molecule has 1 saturated heterocycles. The zero-order valence-corrected chi connectivity index (χ0v) is 13.0. The molecule has 0 atom stereocenters. The van der Waals surface area contributed by atoms with Crippen molar-refractivity contribution >= 4 is 10.0 Å². The van der Waals surface area contributed by atoms with E-state index in [1.807, 2.05) is 0 Å². The van der Waals surface area contributed by atoms with Crippen LogP contribution in [0.4, 0.5) is 0 Å². The van der Waals surface area contributed by atoms with Crippen molar-refractivity contribution in [2.45, 2.75) is 37.1 Å². The minimum atomic E-state index is -3.64. The fourth-order valence-corrected chi connectivity index (χ4v) is 4.50. The highest BCUT2D eigenvalue weighted by Gasteiger charge is 2.37. The van der Waals surface area contributed by atoms with E-state index in [9.17, 15) is 8.42 Å². The molecule has 7 nitrogen and oxygen atoms in total. The van der Waals surface area contributed by atoms with Crippen LogP contribution in [-0.2, 0) is 21.8 Å².